The number of benzene rings is 2. The third-order valence-corrected chi connectivity index (χ3v) is 6.11. The van der Waals surface area contributed by atoms with Crippen molar-refractivity contribution in [2.24, 2.45) is 0 Å². The van der Waals surface area contributed by atoms with E-state index in [9.17, 15) is 9.18 Å². The average molecular weight is 451 g/mol. The van der Waals surface area contributed by atoms with Gasteiger partial charge in [0.25, 0.3) is 5.91 Å². The van der Waals surface area contributed by atoms with Crippen LogP contribution in [0.3, 0.4) is 0 Å². The molecular formula is C24H20ClFN4O2. The van der Waals surface area contributed by atoms with Crippen molar-refractivity contribution in [3.8, 4) is 11.4 Å². The Kier molecular flexibility index (Phi) is 5.35. The van der Waals surface area contributed by atoms with E-state index in [1.807, 2.05) is 6.92 Å². The summed E-state index contributed by atoms with van der Waals surface area (Å²) >= 11 is 6.07. The van der Waals surface area contributed by atoms with Gasteiger partial charge in [0.15, 0.2) is 17.3 Å². The molecule has 5 rings (SSSR count). The number of fused-ring (bicyclic) bond motifs is 1. The fourth-order valence-electron chi connectivity index (χ4n) is 4.17. The van der Waals surface area contributed by atoms with Gasteiger partial charge in [-0.15, -0.1) is 0 Å². The van der Waals surface area contributed by atoms with Crippen LogP contribution >= 0.6 is 11.6 Å². The number of nitrogens with zero attached hydrogens (tertiary/aromatic N) is 4. The van der Waals surface area contributed by atoms with Gasteiger partial charge in [-0.1, -0.05) is 11.6 Å². The molecular weight excluding hydrogens is 431 g/mol. The van der Waals surface area contributed by atoms with Gasteiger partial charge in [0, 0.05) is 35.6 Å². The Bertz CT molecular complexity index is 1290. The summed E-state index contributed by atoms with van der Waals surface area (Å²) in [5.74, 6) is 0.228. The van der Waals surface area contributed by atoms with Crippen molar-refractivity contribution in [3.05, 3.63) is 77.2 Å². The maximum Gasteiger partial charge on any atom is 0.254 e. The van der Waals surface area contributed by atoms with Gasteiger partial charge in [-0.2, -0.15) is 0 Å². The molecule has 8 heteroatoms. The van der Waals surface area contributed by atoms with E-state index in [4.69, 9.17) is 16.0 Å². The molecule has 0 unspecified atom stereocenters. The molecule has 162 valence electrons. The highest BCUT2D eigenvalue weighted by Crippen LogP contribution is 2.34. The fourth-order valence-corrected chi connectivity index (χ4v) is 4.33. The van der Waals surface area contributed by atoms with Gasteiger partial charge in [-0.05, 0) is 62.2 Å². The zero-order chi connectivity index (χ0) is 22.2. The molecule has 1 amide bonds. The molecule has 2 aromatic heterocycles. The van der Waals surface area contributed by atoms with E-state index >= 15 is 0 Å². The molecule has 2 atom stereocenters. The lowest BCUT2D eigenvalue weighted by atomic mass is 9.92. The average Bonchev–Trinajstić information content (AvgIpc) is 3.22. The van der Waals surface area contributed by atoms with Crippen LogP contribution < -0.4 is 0 Å². The van der Waals surface area contributed by atoms with Crippen molar-refractivity contribution in [2.45, 2.75) is 31.7 Å². The molecule has 0 bridgehead atoms. The highest BCUT2D eigenvalue weighted by atomic mass is 35.5. The number of likely N-dealkylation sites (tertiary alicyclic amines) is 1. The van der Waals surface area contributed by atoms with Crippen LogP contribution in [0.1, 0.15) is 41.9 Å². The Morgan fingerprint density at radius 2 is 1.97 bits per heavy atom. The highest BCUT2D eigenvalue weighted by Gasteiger charge is 2.34. The second-order valence-electron chi connectivity index (χ2n) is 8.01. The lowest BCUT2D eigenvalue weighted by Crippen LogP contribution is -2.45. The Morgan fingerprint density at radius 1 is 1.16 bits per heavy atom. The Labute approximate surface area is 189 Å². The summed E-state index contributed by atoms with van der Waals surface area (Å²) in [5, 5.41) is 0.596. The van der Waals surface area contributed by atoms with Gasteiger partial charge >= 0.3 is 0 Å². The van der Waals surface area contributed by atoms with E-state index in [1.165, 1.54) is 18.2 Å². The van der Waals surface area contributed by atoms with Gasteiger partial charge in [0.2, 0.25) is 0 Å². The second-order valence-corrected chi connectivity index (χ2v) is 8.44. The molecule has 0 N–H and O–H groups in total. The smallest absolute Gasteiger partial charge is 0.254 e. The molecule has 1 fully saturated rings. The van der Waals surface area contributed by atoms with Crippen LogP contribution in [0, 0.1) is 5.82 Å². The first-order valence-electron chi connectivity index (χ1n) is 10.4. The lowest BCUT2D eigenvalue weighted by Gasteiger charge is -2.37. The zero-order valence-electron chi connectivity index (χ0n) is 17.3. The van der Waals surface area contributed by atoms with Crippen LogP contribution in [0.25, 0.3) is 22.5 Å². The number of piperidine rings is 1. The summed E-state index contributed by atoms with van der Waals surface area (Å²) in [6.45, 7) is 2.47. The third-order valence-electron chi connectivity index (χ3n) is 5.88. The number of rotatable bonds is 3. The second kappa shape index (κ2) is 8.31. The lowest BCUT2D eigenvalue weighted by molar-refractivity contribution is 0.0598. The molecule has 0 radical (unpaired) electrons. The molecule has 3 heterocycles. The summed E-state index contributed by atoms with van der Waals surface area (Å²) in [5.41, 5.74) is 2.12. The maximum absolute atomic E-state index is 14.0. The Balaban J connectivity index is 1.47. The van der Waals surface area contributed by atoms with E-state index in [1.54, 1.807) is 41.6 Å². The quantitative estimate of drug-likeness (QED) is 0.413. The van der Waals surface area contributed by atoms with Crippen molar-refractivity contribution in [1.82, 2.24) is 19.9 Å². The Hall–Kier alpha value is -3.32. The van der Waals surface area contributed by atoms with Crippen LogP contribution in [0.5, 0.6) is 0 Å². The van der Waals surface area contributed by atoms with Gasteiger partial charge in [0.05, 0.1) is 11.5 Å². The van der Waals surface area contributed by atoms with Crippen molar-refractivity contribution in [1.29, 1.82) is 0 Å². The fraction of sp³-hybridized carbons (Fsp3) is 0.250. The Morgan fingerprint density at radius 3 is 2.78 bits per heavy atom. The minimum atomic E-state index is -0.446. The van der Waals surface area contributed by atoms with E-state index in [-0.39, 0.29) is 17.9 Å². The van der Waals surface area contributed by atoms with Crippen molar-refractivity contribution in [3.63, 3.8) is 0 Å². The molecule has 4 aromatic rings. The highest BCUT2D eigenvalue weighted by molar-refractivity contribution is 6.31. The predicted octanol–water partition coefficient (Wildman–Crippen LogP) is 5.49. The van der Waals surface area contributed by atoms with Crippen LogP contribution in [-0.4, -0.2) is 38.3 Å². The molecule has 6 nitrogen and oxygen atoms in total. The van der Waals surface area contributed by atoms with Crippen LogP contribution in [0.4, 0.5) is 4.39 Å². The van der Waals surface area contributed by atoms with Crippen molar-refractivity contribution in [2.75, 3.05) is 6.54 Å². The first-order valence-corrected chi connectivity index (χ1v) is 10.8. The molecule has 0 spiro atoms. The first-order chi connectivity index (χ1) is 15.5. The molecule has 1 aliphatic heterocycles. The molecule has 32 heavy (non-hydrogen) atoms. The van der Waals surface area contributed by atoms with Gasteiger partial charge in [-0.25, -0.2) is 19.3 Å². The van der Waals surface area contributed by atoms with E-state index < -0.39 is 5.82 Å². The molecule has 0 aliphatic carbocycles. The van der Waals surface area contributed by atoms with Gasteiger partial charge in [0.1, 0.15) is 11.3 Å². The predicted molar refractivity (Wildman–Crippen MR) is 119 cm³/mol. The monoisotopic (exact) mass is 450 g/mol. The van der Waals surface area contributed by atoms with Crippen LogP contribution in [0.15, 0.2) is 59.3 Å². The number of aromatic nitrogens is 3. The summed E-state index contributed by atoms with van der Waals surface area (Å²) in [7, 11) is 0. The summed E-state index contributed by atoms with van der Waals surface area (Å²) in [4.78, 5) is 28.4. The third kappa shape index (κ3) is 3.84. The minimum absolute atomic E-state index is 0.0205. The summed E-state index contributed by atoms with van der Waals surface area (Å²) in [6.07, 6.45) is 4.79. The van der Waals surface area contributed by atoms with E-state index in [0.29, 0.717) is 45.5 Å². The molecule has 1 aliphatic rings. The van der Waals surface area contributed by atoms with Gasteiger partial charge in [-0.3, -0.25) is 4.79 Å². The van der Waals surface area contributed by atoms with Crippen LogP contribution in [0.2, 0.25) is 5.02 Å². The first kappa shape index (κ1) is 20.6. The topological polar surface area (TPSA) is 72.1 Å². The number of carbonyl (C=O) groups is 1. The number of hydrogen-bond donors (Lipinski definition) is 0. The standard InChI is InChI=1S/C24H20ClFN4O2/c1-14-3-4-15(23-29-20-11-16(25)5-8-21(20)32-23)13-30(14)24(31)18-7-6-17(26)12-19(18)22-27-9-2-10-28-22/h2,5-12,14-15H,3-4,13H2,1H3/t14-,15-/m1/s1. The number of amides is 1. The minimum Gasteiger partial charge on any atom is -0.440 e. The van der Waals surface area contributed by atoms with Crippen LogP contribution in [-0.2, 0) is 0 Å². The van der Waals surface area contributed by atoms with Gasteiger partial charge < -0.3 is 9.32 Å². The van der Waals surface area contributed by atoms with Crippen molar-refractivity contribution >= 4 is 28.6 Å². The zero-order valence-corrected chi connectivity index (χ0v) is 18.1. The molecule has 0 saturated carbocycles. The number of halogens is 2. The number of carbonyl (C=O) groups excluding carboxylic acids is 1. The normalized spacial score (nSPS) is 18.8. The SMILES string of the molecule is C[C@@H]1CC[C@@H](c2nc3cc(Cl)ccc3o2)CN1C(=O)c1ccc(F)cc1-c1ncccn1. The molecule has 1 saturated heterocycles. The number of oxazole rings is 1. The summed E-state index contributed by atoms with van der Waals surface area (Å²) < 4.78 is 20.0. The molecule has 2 aromatic carbocycles. The largest absolute Gasteiger partial charge is 0.440 e. The van der Waals surface area contributed by atoms with E-state index in [0.717, 1.165) is 12.8 Å². The van der Waals surface area contributed by atoms with Crippen molar-refractivity contribution < 1.29 is 13.6 Å². The summed E-state index contributed by atoms with van der Waals surface area (Å²) in [6, 6.07) is 11.1. The number of hydrogen-bond acceptors (Lipinski definition) is 5. The van der Waals surface area contributed by atoms with E-state index in [2.05, 4.69) is 15.0 Å². The maximum atomic E-state index is 14.0.